The third-order valence-electron chi connectivity index (χ3n) is 3.78. The van der Waals surface area contributed by atoms with E-state index in [0.29, 0.717) is 23.9 Å². The quantitative estimate of drug-likeness (QED) is 0.755. The molecule has 1 aliphatic heterocycles. The van der Waals surface area contributed by atoms with Gasteiger partial charge >= 0.3 is 0 Å². The summed E-state index contributed by atoms with van der Waals surface area (Å²) < 4.78 is 16.3. The zero-order chi connectivity index (χ0) is 16.2. The van der Waals surface area contributed by atoms with Crippen LogP contribution in [0.1, 0.15) is 17.2 Å². The van der Waals surface area contributed by atoms with Crippen LogP contribution in [0.2, 0.25) is 0 Å². The van der Waals surface area contributed by atoms with Crippen molar-refractivity contribution in [2.24, 2.45) is 0 Å². The summed E-state index contributed by atoms with van der Waals surface area (Å²) in [7, 11) is 0. The Balaban J connectivity index is 1.32. The summed E-state index contributed by atoms with van der Waals surface area (Å²) in [5.41, 5.74) is 1.28. The second-order valence-electron chi connectivity index (χ2n) is 5.49. The van der Waals surface area contributed by atoms with Crippen molar-refractivity contribution in [2.75, 3.05) is 6.79 Å². The number of nitrogens with zero attached hydrogens (tertiary/aromatic N) is 2. The number of nitrogens with one attached hydrogen (secondary N) is 1. The van der Waals surface area contributed by atoms with Gasteiger partial charge in [0.05, 0.1) is 0 Å². The molecule has 0 saturated carbocycles. The second-order valence-corrected chi connectivity index (χ2v) is 5.49. The minimum Gasteiger partial charge on any atom is -0.485 e. The highest BCUT2D eigenvalue weighted by atomic mass is 16.7. The fraction of sp³-hybridized carbons (Fsp3) is 0.222. The number of H-pyrrole nitrogens is 1. The van der Waals surface area contributed by atoms with E-state index < -0.39 is 0 Å². The first kappa shape index (κ1) is 14.6. The standard InChI is InChI=1S/C18H17N3O3/c1-2-4-13(5-3-1)6-9-17-19-18(21-20-17)11-22-14-7-8-15-16(10-14)24-12-23-15/h1-5,7-8,10H,6,9,11-12H2,(H,19,20,21). The van der Waals surface area contributed by atoms with Crippen molar-refractivity contribution in [2.45, 2.75) is 19.4 Å². The number of ether oxygens (including phenoxy) is 3. The molecule has 6 heteroatoms. The van der Waals surface area contributed by atoms with E-state index in [1.54, 1.807) is 0 Å². The molecule has 0 spiro atoms. The average Bonchev–Trinajstić information content (AvgIpc) is 3.28. The molecule has 1 aromatic heterocycles. The first-order valence-corrected chi connectivity index (χ1v) is 7.83. The Morgan fingerprint density at radius 1 is 1.00 bits per heavy atom. The molecule has 4 rings (SSSR count). The van der Waals surface area contributed by atoms with E-state index in [0.717, 1.165) is 24.4 Å². The second kappa shape index (κ2) is 6.62. The molecule has 0 fully saturated rings. The number of aromatic amines is 1. The lowest BCUT2D eigenvalue weighted by molar-refractivity contribution is 0.173. The number of hydrogen-bond acceptors (Lipinski definition) is 5. The summed E-state index contributed by atoms with van der Waals surface area (Å²) in [5, 5.41) is 7.16. The van der Waals surface area contributed by atoms with Gasteiger partial charge < -0.3 is 14.2 Å². The summed E-state index contributed by atoms with van der Waals surface area (Å²) in [5.74, 6) is 3.65. The Morgan fingerprint density at radius 2 is 1.88 bits per heavy atom. The fourth-order valence-electron chi connectivity index (χ4n) is 2.53. The van der Waals surface area contributed by atoms with E-state index in [-0.39, 0.29) is 6.79 Å². The maximum absolute atomic E-state index is 5.72. The first-order valence-electron chi connectivity index (χ1n) is 7.83. The molecule has 0 atom stereocenters. The topological polar surface area (TPSA) is 69.3 Å². The maximum atomic E-state index is 5.72. The van der Waals surface area contributed by atoms with Crippen LogP contribution in [0.3, 0.4) is 0 Å². The molecule has 1 N–H and O–H groups in total. The van der Waals surface area contributed by atoms with Gasteiger partial charge in [0.2, 0.25) is 6.79 Å². The number of fused-ring (bicyclic) bond motifs is 1. The van der Waals surface area contributed by atoms with Gasteiger partial charge in [-0.15, -0.1) is 0 Å². The highest BCUT2D eigenvalue weighted by molar-refractivity contribution is 5.46. The van der Waals surface area contributed by atoms with Gasteiger partial charge in [-0.05, 0) is 24.1 Å². The van der Waals surface area contributed by atoms with Crippen molar-refractivity contribution in [1.82, 2.24) is 15.2 Å². The molecule has 24 heavy (non-hydrogen) atoms. The van der Waals surface area contributed by atoms with Crippen LogP contribution < -0.4 is 14.2 Å². The van der Waals surface area contributed by atoms with Crippen LogP contribution in [0.15, 0.2) is 48.5 Å². The fourth-order valence-corrected chi connectivity index (χ4v) is 2.53. The lowest BCUT2D eigenvalue weighted by Crippen LogP contribution is -1.98. The summed E-state index contributed by atoms with van der Waals surface area (Å²) in [6, 6.07) is 15.8. The predicted octanol–water partition coefficient (Wildman–Crippen LogP) is 2.90. The molecule has 0 unspecified atom stereocenters. The van der Waals surface area contributed by atoms with Gasteiger partial charge in [0.1, 0.15) is 12.4 Å². The van der Waals surface area contributed by atoms with E-state index in [4.69, 9.17) is 14.2 Å². The number of hydrogen-bond donors (Lipinski definition) is 1. The van der Waals surface area contributed by atoms with Crippen LogP contribution in [-0.2, 0) is 19.4 Å². The molecule has 122 valence electrons. The highest BCUT2D eigenvalue weighted by Crippen LogP contribution is 2.35. The minimum atomic E-state index is 0.256. The van der Waals surface area contributed by atoms with Crippen molar-refractivity contribution in [3.05, 3.63) is 65.7 Å². The zero-order valence-electron chi connectivity index (χ0n) is 13.1. The maximum Gasteiger partial charge on any atom is 0.231 e. The molecule has 0 saturated heterocycles. The SMILES string of the molecule is c1ccc(CCc2n[nH]c(COc3ccc4c(c3)OCO4)n2)cc1. The third kappa shape index (κ3) is 3.32. The Labute approximate surface area is 139 Å². The van der Waals surface area contributed by atoms with Crippen LogP contribution >= 0.6 is 0 Å². The number of rotatable bonds is 6. The minimum absolute atomic E-state index is 0.256. The van der Waals surface area contributed by atoms with Crippen LogP contribution in [-0.4, -0.2) is 22.0 Å². The Morgan fingerprint density at radius 3 is 2.79 bits per heavy atom. The van der Waals surface area contributed by atoms with Crippen molar-refractivity contribution < 1.29 is 14.2 Å². The van der Waals surface area contributed by atoms with Gasteiger partial charge in [-0.1, -0.05) is 30.3 Å². The van der Waals surface area contributed by atoms with Gasteiger partial charge in [-0.25, -0.2) is 4.98 Å². The molecule has 2 aromatic carbocycles. The van der Waals surface area contributed by atoms with Crippen molar-refractivity contribution in [3.63, 3.8) is 0 Å². The largest absolute Gasteiger partial charge is 0.485 e. The van der Waals surface area contributed by atoms with Crippen molar-refractivity contribution >= 4 is 0 Å². The Bertz CT molecular complexity index is 817. The molecule has 3 aromatic rings. The lowest BCUT2D eigenvalue weighted by Gasteiger charge is -2.04. The van der Waals surface area contributed by atoms with Crippen molar-refractivity contribution in [1.29, 1.82) is 0 Å². The van der Waals surface area contributed by atoms with E-state index in [2.05, 4.69) is 27.3 Å². The van der Waals surface area contributed by atoms with Gasteiger partial charge in [0, 0.05) is 12.5 Å². The van der Waals surface area contributed by atoms with Crippen LogP contribution in [0.4, 0.5) is 0 Å². The Hall–Kier alpha value is -3.02. The van der Waals surface area contributed by atoms with Crippen LogP contribution in [0, 0.1) is 0 Å². The van der Waals surface area contributed by atoms with Crippen LogP contribution in [0.5, 0.6) is 17.2 Å². The van der Waals surface area contributed by atoms with Crippen molar-refractivity contribution in [3.8, 4) is 17.2 Å². The van der Waals surface area contributed by atoms with Gasteiger partial charge in [-0.3, -0.25) is 5.10 Å². The highest BCUT2D eigenvalue weighted by Gasteiger charge is 2.14. The number of benzene rings is 2. The zero-order valence-corrected chi connectivity index (χ0v) is 13.1. The van der Waals surface area contributed by atoms with Gasteiger partial charge in [-0.2, -0.15) is 5.10 Å². The predicted molar refractivity (Wildman–Crippen MR) is 87.1 cm³/mol. The number of aryl methyl sites for hydroxylation is 2. The number of aromatic nitrogens is 3. The van der Waals surface area contributed by atoms with E-state index in [1.807, 2.05) is 36.4 Å². The third-order valence-corrected chi connectivity index (χ3v) is 3.78. The smallest absolute Gasteiger partial charge is 0.231 e. The van der Waals surface area contributed by atoms with Gasteiger partial charge in [0.25, 0.3) is 0 Å². The summed E-state index contributed by atoms with van der Waals surface area (Å²) in [4.78, 5) is 4.47. The molecule has 0 bridgehead atoms. The molecule has 2 heterocycles. The molecule has 0 aliphatic carbocycles. The molecule has 0 amide bonds. The molecular formula is C18H17N3O3. The summed E-state index contributed by atoms with van der Waals surface area (Å²) >= 11 is 0. The van der Waals surface area contributed by atoms with E-state index in [9.17, 15) is 0 Å². The molecule has 6 nitrogen and oxygen atoms in total. The molecular weight excluding hydrogens is 306 g/mol. The van der Waals surface area contributed by atoms with Crippen LogP contribution in [0.25, 0.3) is 0 Å². The first-order chi connectivity index (χ1) is 11.9. The average molecular weight is 323 g/mol. The summed E-state index contributed by atoms with van der Waals surface area (Å²) in [6.07, 6.45) is 1.71. The molecule has 1 aliphatic rings. The van der Waals surface area contributed by atoms with E-state index >= 15 is 0 Å². The summed E-state index contributed by atoms with van der Waals surface area (Å²) in [6.45, 7) is 0.587. The monoisotopic (exact) mass is 323 g/mol. The van der Waals surface area contributed by atoms with Gasteiger partial charge in [0.15, 0.2) is 23.1 Å². The normalized spacial score (nSPS) is 12.3. The Kier molecular flexibility index (Phi) is 4.02. The molecule has 0 radical (unpaired) electrons. The van der Waals surface area contributed by atoms with E-state index in [1.165, 1.54) is 5.56 Å². The lowest BCUT2D eigenvalue weighted by atomic mass is 10.1.